The maximum Gasteiger partial charge on any atom is 0.247 e. The van der Waals surface area contributed by atoms with Crippen molar-refractivity contribution in [2.75, 3.05) is 25.1 Å². The molecule has 1 aliphatic heterocycles. The van der Waals surface area contributed by atoms with Crippen LogP contribution in [0.25, 0.3) is 0 Å². The molecule has 7 heteroatoms. The molecule has 0 spiro atoms. The highest BCUT2D eigenvalue weighted by Crippen LogP contribution is 2.30. The van der Waals surface area contributed by atoms with Crippen LogP contribution in [-0.4, -0.2) is 47.4 Å². The lowest BCUT2D eigenvalue weighted by molar-refractivity contribution is -0.138. The highest BCUT2D eigenvalue weighted by Gasteiger charge is 2.41. The average molecular weight is 373 g/mol. The Morgan fingerprint density at radius 1 is 1.31 bits per heavy atom. The number of anilines is 1. The molecular weight excluding hydrogens is 350 g/mol. The van der Waals surface area contributed by atoms with E-state index in [1.165, 1.54) is 11.3 Å². The van der Waals surface area contributed by atoms with E-state index in [0.717, 1.165) is 22.1 Å². The molecule has 1 saturated heterocycles. The summed E-state index contributed by atoms with van der Waals surface area (Å²) in [5.41, 5.74) is 1.07. The summed E-state index contributed by atoms with van der Waals surface area (Å²) in [7, 11) is 1.61. The Balaban J connectivity index is 1.75. The van der Waals surface area contributed by atoms with Crippen LogP contribution in [0.5, 0.6) is 5.75 Å². The molecule has 0 aliphatic carbocycles. The molecule has 0 atom stereocenters. The number of hydrogen-bond acceptors (Lipinski definition) is 5. The topological polar surface area (TPSA) is 62.7 Å². The van der Waals surface area contributed by atoms with Gasteiger partial charge in [0.15, 0.2) is 0 Å². The number of aryl methyl sites for hydroxylation is 1. The number of piperazine rings is 1. The fourth-order valence-electron chi connectivity index (χ4n) is 3.32. The van der Waals surface area contributed by atoms with Gasteiger partial charge in [0, 0.05) is 17.6 Å². The molecule has 2 heterocycles. The van der Waals surface area contributed by atoms with E-state index in [0.29, 0.717) is 6.54 Å². The number of methoxy groups -OCH3 is 1. The Bertz CT molecular complexity index is 814. The second-order valence-corrected chi connectivity index (χ2v) is 8.09. The zero-order valence-corrected chi connectivity index (χ0v) is 16.3. The van der Waals surface area contributed by atoms with Crippen molar-refractivity contribution in [1.29, 1.82) is 0 Å². The normalized spacial score (nSPS) is 16.7. The van der Waals surface area contributed by atoms with E-state index >= 15 is 0 Å². The summed E-state index contributed by atoms with van der Waals surface area (Å²) in [5.74, 6) is 0.590. The number of benzene rings is 1. The van der Waals surface area contributed by atoms with E-state index < -0.39 is 5.54 Å². The number of amides is 2. The zero-order chi connectivity index (χ0) is 18.9. The van der Waals surface area contributed by atoms with Gasteiger partial charge in [0.25, 0.3) is 0 Å². The first-order chi connectivity index (χ1) is 12.3. The van der Waals surface area contributed by atoms with Crippen LogP contribution in [0, 0.1) is 6.92 Å². The van der Waals surface area contributed by atoms with Gasteiger partial charge >= 0.3 is 0 Å². The number of rotatable bonds is 4. The van der Waals surface area contributed by atoms with Crippen LogP contribution in [0.15, 0.2) is 29.6 Å². The molecule has 0 unspecified atom stereocenters. The molecule has 138 valence electrons. The van der Waals surface area contributed by atoms with Crippen molar-refractivity contribution in [3.8, 4) is 5.75 Å². The Morgan fingerprint density at radius 3 is 2.54 bits per heavy atom. The van der Waals surface area contributed by atoms with Gasteiger partial charge in [-0.2, -0.15) is 0 Å². The first-order valence-corrected chi connectivity index (χ1v) is 9.34. The van der Waals surface area contributed by atoms with Crippen LogP contribution < -0.4 is 9.64 Å². The molecule has 2 aromatic rings. The molecule has 1 aromatic heterocycles. The SMILES string of the molecule is COc1ccc(N2C(=O)CN(C(=O)Cc3csc(C)n3)CC2(C)C)cc1. The lowest BCUT2D eigenvalue weighted by Gasteiger charge is -2.46. The molecule has 0 N–H and O–H groups in total. The smallest absolute Gasteiger partial charge is 0.247 e. The third kappa shape index (κ3) is 3.72. The Hall–Kier alpha value is -2.41. The number of aromatic nitrogens is 1. The van der Waals surface area contributed by atoms with Gasteiger partial charge in [-0.25, -0.2) is 4.98 Å². The first kappa shape index (κ1) is 18.4. The molecule has 26 heavy (non-hydrogen) atoms. The van der Waals surface area contributed by atoms with Gasteiger partial charge in [0.2, 0.25) is 11.8 Å². The zero-order valence-electron chi connectivity index (χ0n) is 15.5. The van der Waals surface area contributed by atoms with Gasteiger partial charge in [-0.3, -0.25) is 9.59 Å². The minimum absolute atomic E-state index is 0.0638. The number of carbonyl (C=O) groups excluding carboxylic acids is 2. The summed E-state index contributed by atoms with van der Waals surface area (Å²) in [6.45, 7) is 6.42. The van der Waals surface area contributed by atoms with Crippen molar-refractivity contribution >= 4 is 28.8 Å². The van der Waals surface area contributed by atoms with Gasteiger partial charge in [-0.1, -0.05) is 0 Å². The number of ether oxygens (including phenoxy) is 1. The van der Waals surface area contributed by atoms with Gasteiger partial charge in [-0.15, -0.1) is 11.3 Å². The van der Waals surface area contributed by atoms with E-state index in [2.05, 4.69) is 4.98 Å². The van der Waals surface area contributed by atoms with Crippen molar-refractivity contribution in [1.82, 2.24) is 9.88 Å². The molecule has 1 aromatic carbocycles. The summed E-state index contributed by atoms with van der Waals surface area (Å²) >= 11 is 1.53. The third-order valence-electron chi connectivity index (χ3n) is 4.44. The molecule has 0 saturated carbocycles. The Morgan fingerprint density at radius 2 is 2.00 bits per heavy atom. The summed E-state index contributed by atoms with van der Waals surface area (Å²) < 4.78 is 5.18. The fourth-order valence-corrected chi connectivity index (χ4v) is 3.94. The highest BCUT2D eigenvalue weighted by atomic mass is 32.1. The van der Waals surface area contributed by atoms with Crippen molar-refractivity contribution < 1.29 is 14.3 Å². The van der Waals surface area contributed by atoms with Gasteiger partial charge in [0.1, 0.15) is 12.3 Å². The van der Waals surface area contributed by atoms with E-state index in [-0.39, 0.29) is 24.8 Å². The molecule has 0 radical (unpaired) electrons. The third-order valence-corrected chi connectivity index (χ3v) is 5.26. The monoisotopic (exact) mass is 373 g/mol. The van der Waals surface area contributed by atoms with Gasteiger partial charge in [0.05, 0.1) is 29.8 Å². The van der Waals surface area contributed by atoms with Crippen LogP contribution >= 0.6 is 11.3 Å². The van der Waals surface area contributed by atoms with Gasteiger partial charge in [-0.05, 0) is 45.0 Å². The number of carbonyl (C=O) groups is 2. The number of thiazole rings is 1. The maximum atomic E-state index is 12.8. The van der Waals surface area contributed by atoms with E-state index in [1.807, 2.05) is 50.4 Å². The lowest BCUT2D eigenvalue weighted by atomic mass is 9.96. The largest absolute Gasteiger partial charge is 0.497 e. The number of hydrogen-bond donors (Lipinski definition) is 0. The molecule has 3 rings (SSSR count). The Labute approximate surface area is 157 Å². The lowest BCUT2D eigenvalue weighted by Crippen LogP contribution is -2.63. The minimum atomic E-state index is -0.502. The quantitative estimate of drug-likeness (QED) is 0.827. The molecule has 2 amide bonds. The van der Waals surface area contributed by atoms with E-state index in [1.54, 1.807) is 16.9 Å². The molecule has 1 fully saturated rings. The molecule has 1 aliphatic rings. The highest BCUT2D eigenvalue weighted by molar-refractivity contribution is 7.09. The predicted octanol–water partition coefficient (Wildman–Crippen LogP) is 2.66. The summed E-state index contributed by atoms with van der Waals surface area (Å²) in [6.07, 6.45) is 0.232. The summed E-state index contributed by atoms with van der Waals surface area (Å²) in [5, 5.41) is 2.84. The molecule has 6 nitrogen and oxygen atoms in total. The minimum Gasteiger partial charge on any atom is -0.497 e. The number of nitrogens with zero attached hydrogens (tertiary/aromatic N) is 3. The first-order valence-electron chi connectivity index (χ1n) is 8.46. The van der Waals surface area contributed by atoms with E-state index in [9.17, 15) is 9.59 Å². The van der Waals surface area contributed by atoms with Crippen LogP contribution in [0.4, 0.5) is 5.69 Å². The maximum absolute atomic E-state index is 12.8. The van der Waals surface area contributed by atoms with Crippen LogP contribution in [0.3, 0.4) is 0 Å². The summed E-state index contributed by atoms with van der Waals surface area (Å²) in [4.78, 5) is 33.2. The van der Waals surface area contributed by atoms with E-state index in [4.69, 9.17) is 4.74 Å². The average Bonchev–Trinajstić information content (AvgIpc) is 2.99. The van der Waals surface area contributed by atoms with Crippen molar-refractivity contribution in [2.24, 2.45) is 0 Å². The Kier molecular flexibility index (Phi) is 5.00. The second-order valence-electron chi connectivity index (χ2n) is 7.02. The second kappa shape index (κ2) is 7.07. The van der Waals surface area contributed by atoms with Crippen molar-refractivity contribution in [3.63, 3.8) is 0 Å². The fraction of sp³-hybridized carbons (Fsp3) is 0.421. The standard InChI is InChI=1S/C19H23N3O3S/c1-13-20-14(11-26-13)9-17(23)21-10-18(24)22(19(2,3)12-21)15-5-7-16(25-4)8-6-15/h5-8,11H,9-10,12H2,1-4H3. The van der Waals surface area contributed by atoms with Crippen LogP contribution in [-0.2, 0) is 16.0 Å². The predicted molar refractivity (Wildman–Crippen MR) is 102 cm³/mol. The molecular formula is C19H23N3O3S. The summed E-state index contributed by atoms with van der Waals surface area (Å²) in [6, 6.07) is 7.41. The van der Waals surface area contributed by atoms with Crippen LogP contribution in [0.2, 0.25) is 0 Å². The van der Waals surface area contributed by atoms with Crippen molar-refractivity contribution in [3.05, 3.63) is 40.3 Å². The van der Waals surface area contributed by atoms with Crippen molar-refractivity contribution in [2.45, 2.75) is 32.7 Å². The van der Waals surface area contributed by atoms with Gasteiger partial charge < -0.3 is 14.5 Å². The van der Waals surface area contributed by atoms with Crippen LogP contribution in [0.1, 0.15) is 24.5 Å². The molecule has 0 bridgehead atoms.